The van der Waals surface area contributed by atoms with Gasteiger partial charge in [0.2, 0.25) is 0 Å². The first-order valence-electron chi connectivity index (χ1n) is 7.05. The summed E-state index contributed by atoms with van der Waals surface area (Å²) in [7, 11) is 1.96. The van der Waals surface area contributed by atoms with Crippen LogP contribution in [0.2, 0.25) is 0 Å². The Hall–Kier alpha value is -2.80. The van der Waals surface area contributed by atoms with Gasteiger partial charge in [-0.1, -0.05) is 17.7 Å². The number of anilines is 1. The first-order chi connectivity index (χ1) is 10.4. The Labute approximate surface area is 130 Å². The second-order valence-corrected chi connectivity index (χ2v) is 5.38. The highest BCUT2D eigenvalue weighted by Gasteiger charge is 2.12. The summed E-state index contributed by atoms with van der Waals surface area (Å²) in [4.78, 5) is 12.2. The van der Waals surface area contributed by atoms with Gasteiger partial charge in [-0.25, -0.2) is 0 Å². The third kappa shape index (κ3) is 3.26. The molecule has 112 valence electrons. The van der Waals surface area contributed by atoms with E-state index < -0.39 is 5.91 Å². The molecule has 22 heavy (non-hydrogen) atoms. The summed E-state index contributed by atoms with van der Waals surface area (Å²) in [6.07, 6.45) is 1.63. The van der Waals surface area contributed by atoms with Crippen LogP contribution in [0.1, 0.15) is 22.5 Å². The van der Waals surface area contributed by atoms with Crippen LogP contribution in [0.15, 0.2) is 35.9 Å². The minimum atomic E-state index is -0.396. The van der Waals surface area contributed by atoms with Gasteiger partial charge in [0.1, 0.15) is 11.6 Å². The molecule has 0 aliphatic heterocycles. The Bertz CT molecular complexity index is 774. The second kappa shape index (κ2) is 6.31. The highest BCUT2D eigenvalue weighted by atomic mass is 16.1. The molecule has 0 atom stereocenters. The number of carbonyl (C=O) groups excluding carboxylic acids is 1. The second-order valence-electron chi connectivity index (χ2n) is 5.38. The van der Waals surface area contributed by atoms with Crippen molar-refractivity contribution in [2.24, 2.45) is 7.05 Å². The Balaban J connectivity index is 2.25. The molecule has 2 rings (SSSR count). The van der Waals surface area contributed by atoms with Gasteiger partial charge < -0.3 is 9.88 Å². The van der Waals surface area contributed by atoms with Gasteiger partial charge in [-0.2, -0.15) is 5.26 Å². The smallest absolute Gasteiger partial charge is 0.266 e. The number of rotatable bonds is 3. The fraction of sp³-hybridized carbons (Fsp3) is 0.222. The number of hydrogen-bond acceptors (Lipinski definition) is 2. The van der Waals surface area contributed by atoms with Crippen molar-refractivity contribution in [3.05, 3.63) is 58.4 Å². The average Bonchev–Trinajstić information content (AvgIpc) is 2.74. The summed E-state index contributed by atoms with van der Waals surface area (Å²) in [5.41, 5.74) is 4.88. The summed E-state index contributed by atoms with van der Waals surface area (Å²) >= 11 is 0. The van der Waals surface area contributed by atoms with Crippen molar-refractivity contribution in [2.75, 3.05) is 5.32 Å². The number of nitrogens with zero attached hydrogens (tertiary/aromatic N) is 2. The van der Waals surface area contributed by atoms with Crippen LogP contribution in [0, 0.1) is 32.1 Å². The van der Waals surface area contributed by atoms with E-state index in [4.69, 9.17) is 0 Å². The van der Waals surface area contributed by atoms with Crippen LogP contribution in [0.25, 0.3) is 6.08 Å². The number of carbonyl (C=O) groups is 1. The Morgan fingerprint density at radius 2 is 1.86 bits per heavy atom. The lowest BCUT2D eigenvalue weighted by Crippen LogP contribution is -2.13. The number of aryl methyl sites for hydroxylation is 2. The molecule has 1 N–H and O–H groups in total. The van der Waals surface area contributed by atoms with Gasteiger partial charge in [-0.3, -0.25) is 4.79 Å². The van der Waals surface area contributed by atoms with Crippen LogP contribution < -0.4 is 5.32 Å². The standard InChI is InChI=1S/C18H19N3O/c1-12-5-7-17(8-6-12)20-18(22)16(11-19)10-15-9-13(2)21(4)14(15)3/h5-10H,1-4H3,(H,20,22)/b16-10-. The highest BCUT2D eigenvalue weighted by Crippen LogP contribution is 2.17. The van der Waals surface area contributed by atoms with E-state index in [1.165, 1.54) is 0 Å². The van der Waals surface area contributed by atoms with E-state index in [9.17, 15) is 10.1 Å². The van der Waals surface area contributed by atoms with E-state index in [-0.39, 0.29) is 5.57 Å². The van der Waals surface area contributed by atoms with Crippen LogP contribution in [0.5, 0.6) is 0 Å². The molecule has 0 spiro atoms. The minimum Gasteiger partial charge on any atom is -0.352 e. The zero-order chi connectivity index (χ0) is 16.3. The maximum atomic E-state index is 12.2. The fourth-order valence-electron chi connectivity index (χ4n) is 2.17. The number of benzene rings is 1. The van der Waals surface area contributed by atoms with Crippen molar-refractivity contribution < 1.29 is 4.79 Å². The third-order valence-corrected chi connectivity index (χ3v) is 3.79. The summed E-state index contributed by atoms with van der Waals surface area (Å²) in [5.74, 6) is -0.396. The van der Waals surface area contributed by atoms with E-state index in [2.05, 4.69) is 5.32 Å². The van der Waals surface area contributed by atoms with E-state index in [0.717, 1.165) is 22.5 Å². The van der Waals surface area contributed by atoms with Crippen LogP contribution in [0.4, 0.5) is 5.69 Å². The molecular weight excluding hydrogens is 274 g/mol. The molecule has 1 amide bonds. The van der Waals surface area contributed by atoms with Crippen LogP contribution in [-0.2, 0) is 11.8 Å². The summed E-state index contributed by atoms with van der Waals surface area (Å²) < 4.78 is 2.03. The Morgan fingerprint density at radius 3 is 2.36 bits per heavy atom. The number of amides is 1. The summed E-state index contributed by atoms with van der Waals surface area (Å²) in [6.45, 7) is 5.93. The molecule has 1 aromatic heterocycles. The summed E-state index contributed by atoms with van der Waals surface area (Å²) in [5, 5.41) is 12.0. The molecule has 0 saturated heterocycles. The first-order valence-corrected chi connectivity index (χ1v) is 7.05. The lowest BCUT2D eigenvalue weighted by atomic mass is 10.1. The summed E-state index contributed by atoms with van der Waals surface area (Å²) in [6, 6.07) is 11.4. The van der Waals surface area contributed by atoms with Crippen molar-refractivity contribution in [1.82, 2.24) is 4.57 Å². The number of nitriles is 1. The Morgan fingerprint density at radius 1 is 1.23 bits per heavy atom. The van der Waals surface area contributed by atoms with Crippen molar-refractivity contribution in [3.8, 4) is 6.07 Å². The Kier molecular flexibility index (Phi) is 4.47. The predicted molar refractivity (Wildman–Crippen MR) is 88.3 cm³/mol. The molecule has 4 heteroatoms. The molecule has 0 radical (unpaired) electrons. The zero-order valence-corrected chi connectivity index (χ0v) is 13.3. The molecule has 2 aromatic rings. The van der Waals surface area contributed by atoms with Crippen molar-refractivity contribution in [1.29, 1.82) is 5.26 Å². The average molecular weight is 293 g/mol. The van der Waals surface area contributed by atoms with E-state index >= 15 is 0 Å². The maximum absolute atomic E-state index is 12.2. The monoisotopic (exact) mass is 293 g/mol. The maximum Gasteiger partial charge on any atom is 0.266 e. The zero-order valence-electron chi connectivity index (χ0n) is 13.3. The van der Waals surface area contributed by atoms with Gasteiger partial charge in [-0.15, -0.1) is 0 Å². The molecule has 0 fully saturated rings. The molecule has 0 saturated carbocycles. The molecule has 0 aliphatic rings. The van der Waals surface area contributed by atoms with Gasteiger partial charge >= 0.3 is 0 Å². The number of nitrogens with one attached hydrogen (secondary N) is 1. The SMILES string of the molecule is Cc1ccc(NC(=O)/C(C#N)=C\c2cc(C)n(C)c2C)cc1. The van der Waals surface area contributed by atoms with Gasteiger partial charge in [-0.05, 0) is 50.6 Å². The van der Waals surface area contributed by atoms with Gasteiger partial charge in [0.05, 0.1) is 0 Å². The lowest BCUT2D eigenvalue weighted by molar-refractivity contribution is -0.112. The minimum absolute atomic E-state index is 0.0919. The van der Waals surface area contributed by atoms with E-state index in [1.54, 1.807) is 6.08 Å². The van der Waals surface area contributed by atoms with Gasteiger partial charge in [0.25, 0.3) is 5.91 Å². The number of hydrogen-bond donors (Lipinski definition) is 1. The van der Waals surface area contributed by atoms with Crippen LogP contribution in [-0.4, -0.2) is 10.5 Å². The predicted octanol–water partition coefficient (Wildman–Crippen LogP) is 3.50. The normalized spacial score (nSPS) is 11.1. The molecule has 1 heterocycles. The third-order valence-electron chi connectivity index (χ3n) is 3.79. The molecule has 0 aliphatic carbocycles. The van der Waals surface area contributed by atoms with Crippen LogP contribution >= 0.6 is 0 Å². The molecule has 1 aromatic carbocycles. The van der Waals surface area contributed by atoms with Crippen LogP contribution in [0.3, 0.4) is 0 Å². The van der Waals surface area contributed by atoms with Crippen molar-refractivity contribution in [3.63, 3.8) is 0 Å². The van der Waals surface area contributed by atoms with E-state index in [1.807, 2.05) is 68.8 Å². The lowest BCUT2D eigenvalue weighted by Gasteiger charge is -2.05. The fourth-order valence-corrected chi connectivity index (χ4v) is 2.17. The molecule has 0 bridgehead atoms. The number of aromatic nitrogens is 1. The van der Waals surface area contributed by atoms with Crippen molar-refractivity contribution in [2.45, 2.75) is 20.8 Å². The van der Waals surface area contributed by atoms with E-state index in [0.29, 0.717) is 5.69 Å². The molecule has 0 unspecified atom stereocenters. The first kappa shape index (κ1) is 15.6. The topological polar surface area (TPSA) is 57.8 Å². The van der Waals surface area contributed by atoms with Gasteiger partial charge in [0.15, 0.2) is 0 Å². The molecular formula is C18H19N3O. The highest BCUT2D eigenvalue weighted by molar-refractivity contribution is 6.09. The largest absolute Gasteiger partial charge is 0.352 e. The van der Waals surface area contributed by atoms with Crippen molar-refractivity contribution >= 4 is 17.7 Å². The van der Waals surface area contributed by atoms with Gasteiger partial charge in [0, 0.05) is 24.1 Å². The molecule has 4 nitrogen and oxygen atoms in total. The quantitative estimate of drug-likeness (QED) is 0.695.